The molecule has 3 aromatic rings. The van der Waals surface area contributed by atoms with Gasteiger partial charge in [-0.3, -0.25) is 4.79 Å². The second kappa shape index (κ2) is 5.48. The first-order valence-corrected chi connectivity index (χ1v) is 7.09. The quantitative estimate of drug-likeness (QED) is 0.738. The molecule has 0 unspecified atom stereocenters. The molecule has 4 heteroatoms. The van der Waals surface area contributed by atoms with E-state index in [0.29, 0.717) is 17.1 Å². The van der Waals surface area contributed by atoms with Crippen molar-refractivity contribution in [3.05, 3.63) is 76.5 Å². The molecular weight excluding hydrogens is 274 g/mol. The number of rotatable bonds is 2. The third kappa shape index (κ3) is 2.39. The van der Waals surface area contributed by atoms with Gasteiger partial charge < -0.3 is 10.3 Å². The first-order valence-electron chi connectivity index (χ1n) is 7.09. The molecule has 4 nitrogen and oxygen atoms in total. The zero-order valence-corrected chi connectivity index (χ0v) is 12.6. The zero-order chi connectivity index (χ0) is 15.7. The van der Waals surface area contributed by atoms with Gasteiger partial charge >= 0.3 is 0 Å². The average molecular weight is 291 g/mol. The summed E-state index contributed by atoms with van der Waals surface area (Å²) in [5.74, 6) is 0.646. The molecule has 2 aromatic carbocycles. The second-order valence-corrected chi connectivity index (χ2v) is 5.22. The first kappa shape index (κ1) is 14.1. The predicted octanol–water partition coefficient (Wildman–Crippen LogP) is 3.10. The fourth-order valence-corrected chi connectivity index (χ4v) is 2.74. The van der Waals surface area contributed by atoms with E-state index < -0.39 is 0 Å². The Balaban J connectivity index is 2.31. The number of aromatic nitrogens is 2. The van der Waals surface area contributed by atoms with Crippen molar-refractivity contribution in [2.75, 3.05) is 5.73 Å². The van der Waals surface area contributed by atoms with E-state index in [0.717, 1.165) is 16.9 Å². The van der Waals surface area contributed by atoms with Gasteiger partial charge in [-0.15, -0.1) is 0 Å². The summed E-state index contributed by atoms with van der Waals surface area (Å²) in [6.07, 6.45) is 0. The van der Waals surface area contributed by atoms with Crippen molar-refractivity contribution >= 4 is 5.69 Å². The molecule has 0 amide bonds. The van der Waals surface area contributed by atoms with Gasteiger partial charge in [-0.25, -0.2) is 0 Å². The predicted molar refractivity (Wildman–Crippen MR) is 89.2 cm³/mol. The third-order valence-corrected chi connectivity index (χ3v) is 3.69. The number of nitrogen functional groups attached to an aromatic ring is 1. The highest BCUT2D eigenvalue weighted by Gasteiger charge is 2.14. The monoisotopic (exact) mass is 291 g/mol. The minimum Gasteiger partial charge on any atom is -0.399 e. The van der Waals surface area contributed by atoms with Gasteiger partial charge in [0.1, 0.15) is 5.82 Å². The third-order valence-electron chi connectivity index (χ3n) is 3.69. The number of anilines is 1. The molecular formula is C18H17N3O. The van der Waals surface area contributed by atoms with Crippen LogP contribution in [0, 0.1) is 13.8 Å². The van der Waals surface area contributed by atoms with E-state index >= 15 is 0 Å². The molecule has 0 atom stereocenters. The molecule has 0 spiro atoms. The number of nitrogens with two attached hydrogens (primary N) is 1. The zero-order valence-electron chi connectivity index (χ0n) is 12.6. The summed E-state index contributed by atoms with van der Waals surface area (Å²) in [4.78, 5) is 16.5. The summed E-state index contributed by atoms with van der Waals surface area (Å²) in [7, 11) is 0. The Morgan fingerprint density at radius 2 is 1.73 bits per heavy atom. The number of hydrogen-bond donors (Lipinski definition) is 1. The molecule has 0 aliphatic carbocycles. The lowest BCUT2D eigenvalue weighted by atomic mass is 10.1. The lowest BCUT2D eigenvalue weighted by Gasteiger charge is -2.17. The maximum absolute atomic E-state index is 12.4. The van der Waals surface area contributed by atoms with Crippen molar-refractivity contribution in [2.45, 2.75) is 13.8 Å². The van der Waals surface area contributed by atoms with E-state index in [9.17, 15) is 4.79 Å². The normalized spacial score (nSPS) is 10.6. The fourth-order valence-electron chi connectivity index (χ4n) is 2.74. The molecule has 22 heavy (non-hydrogen) atoms. The van der Waals surface area contributed by atoms with E-state index in [1.807, 2.05) is 73.0 Å². The van der Waals surface area contributed by atoms with Crippen LogP contribution in [0.15, 0.2) is 59.4 Å². The fraction of sp³-hybridized carbons (Fsp3) is 0.111. The molecule has 110 valence electrons. The summed E-state index contributed by atoms with van der Waals surface area (Å²) in [5, 5.41) is 0. The van der Waals surface area contributed by atoms with Gasteiger partial charge in [-0.2, -0.15) is 4.98 Å². The molecule has 0 fully saturated rings. The molecule has 1 aromatic heterocycles. The summed E-state index contributed by atoms with van der Waals surface area (Å²) in [6.45, 7) is 3.76. The Kier molecular flexibility index (Phi) is 3.51. The van der Waals surface area contributed by atoms with Crippen LogP contribution in [-0.2, 0) is 0 Å². The van der Waals surface area contributed by atoms with Gasteiger partial charge in [0.05, 0.1) is 5.56 Å². The van der Waals surface area contributed by atoms with Crippen molar-refractivity contribution in [3.8, 4) is 16.8 Å². The highest BCUT2D eigenvalue weighted by atomic mass is 16.1. The van der Waals surface area contributed by atoms with Crippen LogP contribution in [0.25, 0.3) is 16.8 Å². The standard InChI is InChI=1S/C18H17N3O/c1-12-17(14-7-4-3-5-8-14)18(22)20-13(2)21(12)16-10-6-9-15(19)11-16/h3-11H,19H2,1-2H3. The maximum atomic E-state index is 12.4. The highest BCUT2D eigenvalue weighted by Crippen LogP contribution is 2.23. The summed E-state index contributed by atoms with van der Waals surface area (Å²) >= 11 is 0. The van der Waals surface area contributed by atoms with Crippen LogP contribution < -0.4 is 11.3 Å². The average Bonchev–Trinajstić information content (AvgIpc) is 2.48. The van der Waals surface area contributed by atoms with Crippen LogP contribution >= 0.6 is 0 Å². The van der Waals surface area contributed by atoms with Crippen LogP contribution in [0.4, 0.5) is 5.69 Å². The Morgan fingerprint density at radius 3 is 2.41 bits per heavy atom. The molecule has 2 N–H and O–H groups in total. The number of benzene rings is 2. The van der Waals surface area contributed by atoms with Crippen LogP contribution in [0.2, 0.25) is 0 Å². The number of aryl methyl sites for hydroxylation is 1. The first-order chi connectivity index (χ1) is 10.6. The second-order valence-electron chi connectivity index (χ2n) is 5.22. The van der Waals surface area contributed by atoms with E-state index in [1.165, 1.54) is 0 Å². The van der Waals surface area contributed by atoms with Crippen LogP contribution in [0.5, 0.6) is 0 Å². The van der Waals surface area contributed by atoms with Gasteiger partial charge in [0.2, 0.25) is 0 Å². The molecule has 0 saturated carbocycles. The minimum absolute atomic E-state index is 0.207. The van der Waals surface area contributed by atoms with Crippen molar-refractivity contribution in [2.24, 2.45) is 0 Å². The smallest absolute Gasteiger partial charge is 0.281 e. The van der Waals surface area contributed by atoms with Crippen LogP contribution in [-0.4, -0.2) is 9.55 Å². The lowest BCUT2D eigenvalue weighted by molar-refractivity contribution is 0.856. The van der Waals surface area contributed by atoms with Crippen LogP contribution in [0.3, 0.4) is 0 Å². The number of hydrogen-bond acceptors (Lipinski definition) is 3. The molecule has 0 saturated heterocycles. The molecule has 0 radical (unpaired) electrons. The van der Waals surface area contributed by atoms with Crippen molar-refractivity contribution in [1.82, 2.24) is 9.55 Å². The Labute approximate surface area is 128 Å². The van der Waals surface area contributed by atoms with E-state index in [1.54, 1.807) is 0 Å². The van der Waals surface area contributed by atoms with Crippen LogP contribution in [0.1, 0.15) is 11.5 Å². The minimum atomic E-state index is -0.207. The molecule has 3 rings (SSSR count). The largest absolute Gasteiger partial charge is 0.399 e. The number of nitrogens with zero attached hydrogens (tertiary/aromatic N) is 2. The summed E-state index contributed by atoms with van der Waals surface area (Å²) < 4.78 is 1.96. The molecule has 0 bridgehead atoms. The van der Waals surface area contributed by atoms with Crippen molar-refractivity contribution < 1.29 is 0 Å². The molecule has 1 heterocycles. The summed E-state index contributed by atoms with van der Waals surface area (Å²) in [6, 6.07) is 17.2. The molecule has 0 aliphatic rings. The molecule has 0 aliphatic heterocycles. The van der Waals surface area contributed by atoms with E-state index in [-0.39, 0.29) is 5.56 Å². The van der Waals surface area contributed by atoms with Crippen molar-refractivity contribution in [1.29, 1.82) is 0 Å². The van der Waals surface area contributed by atoms with E-state index in [4.69, 9.17) is 5.73 Å². The van der Waals surface area contributed by atoms with E-state index in [2.05, 4.69) is 4.98 Å². The van der Waals surface area contributed by atoms with Gasteiger partial charge in [0.15, 0.2) is 0 Å². The lowest BCUT2D eigenvalue weighted by Crippen LogP contribution is -2.20. The topological polar surface area (TPSA) is 60.9 Å². The summed E-state index contributed by atoms with van der Waals surface area (Å²) in [5.41, 5.74) is 9.60. The van der Waals surface area contributed by atoms with Gasteiger partial charge in [0, 0.05) is 17.1 Å². The van der Waals surface area contributed by atoms with Crippen molar-refractivity contribution in [3.63, 3.8) is 0 Å². The van der Waals surface area contributed by atoms with Gasteiger partial charge in [0.25, 0.3) is 5.56 Å². The highest BCUT2D eigenvalue weighted by molar-refractivity contribution is 5.66. The Hall–Kier alpha value is -2.88. The maximum Gasteiger partial charge on any atom is 0.281 e. The van der Waals surface area contributed by atoms with Gasteiger partial charge in [-0.1, -0.05) is 36.4 Å². The van der Waals surface area contributed by atoms with Gasteiger partial charge in [-0.05, 0) is 37.6 Å². The Morgan fingerprint density at radius 1 is 1.00 bits per heavy atom. The SMILES string of the molecule is Cc1nc(=O)c(-c2ccccc2)c(C)n1-c1cccc(N)c1. The Bertz CT molecular complexity index is 883.